The fraction of sp³-hybridized carbons (Fsp3) is 0.385. The second-order valence-corrected chi connectivity index (χ2v) is 5.11. The molecule has 112 valence electrons. The Morgan fingerprint density at radius 2 is 2.19 bits per heavy atom. The molecule has 0 spiro atoms. The highest BCUT2D eigenvalue weighted by Crippen LogP contribution is 2.28. The number of para-hydroxylation sites is 1. The SMILES string of the molecule is O=C(NC1CCCCNC1=O)c1cccc(Cl)c1[N+](=O)[O-]. The molecule has 0 aliphatic carbocycles. The van der Waals surface area contributed by atoms with Gasteiger partial charge in [-0.2, -0.15) is 0 Å². The van der Waals surface area contributed by atoms with E-state index in [4.69, 9.17) is 11.6 Å². The van der Waals surface area contributed by atoms with E-state index < -0.39 is 22.6 Å². The van der Waals surface area contributed by atoms with Gasteiger partial charge in [-0.15, -0.1) is 0 Å². The molecule has 1 fully saturated rings. The molecule has 0 aromatic heterocycles. The van der Waals surface area contributed by atoms with Gasteiger partial charge >= 0.3 is 5.69 Å². The lowest BCUT2D eigenvalue weighted by molar-refractivity contribution is -0.385. The van der Waals surface area contributed by atoms with Gasteiger partial charge in [0, 0.05) is 6.54 Å². The van der Waals surface area contributed by atoms with Crippen LogP contribution < -0.4 is 10.6 Å². The van der Waals surface area contributed by atoms with E-state index in [1.165, 1.54) is 18.2 Å². The van der Waals surface area contributed by atoms with E-state index in [-0.39, 0.29) is 16.5 Å². The molecule has 2 rings (SSSR count). The molecule has 0 saturated carbocycles. The number of nitro groups is 1. The highest BCUT2D eigenvalue weighted by Gasteiger charge is 2.28. The number of nitrogens with one attached hydrogen (secondary N) is 2. The van der Waals surface area contributed by atoms with Crippen LogP contribution in [0.3, 0.4) is 0 Å². The smallest absolute Gasteiger partial charge is 0.300 e. The van der Waals surface area contributed by atoms with Gasteiger partial charge in [-0.1, -0.05) is 17.7 Å². The summed E-state index contributed by atoms with van der Waals surface area (Å²) >= 11 is 5.77. The number of hydrogen-bond donors (Lipinski definition) is 2. The predicted molar refractivity (Wildman–Crippen MR) is 76.2 cm³/mol. The molecule has 1 saturated heterocycles. The molecule has 1 aromatic rings. The summed E-state index contributed by atoms with van der Waals surface area (Å²) in [6.45, 7) is 0.572. The molecule has 2 amide bonds. The highest BCUT2D eigenvalue weighted by atomic mass is 35.5. The van der Waals surface area contributed by atoms with Crippen LogP contribution in [0.5, 0.6) is 0 Å². The average molecular weight is 312 g/mol. The van der Waals surface area contributed by atoms with Gasteiger partial charge in [-0.05, 0) is 31.4 Å². The number of nitrogens with zero attached hydrogens (tertiary/aromatic N) is 1. The van der Waals surface area contributed by atoms with Crippen LogP contribution in [0.2, 0.25) is 5.02 Å². The van der Waals surface area contributed by atoms with Crippen molar-refractivity contribution in [3.63, 3.8) is 0 Å². The van der Waals surface area contributed by atoms with Gasteiger partial charge in [0.2, 0.25) is 5.91 Å². The maximum Gasteiger partial charge on any atom is 0.300 e. The first-order valence-electron chi connectivity index (χ1n) is 6.52. The van der Waals surface area contributed by atoms with E-state index in [9.17, 15) is 19.7 Å². The lowest BCUT2D eigenvalue weighted by atomic mass is 10.1. The first-order chi connectivity index (χ1) is 10.0. The molecule has 0 radical (unpaired) electrons. The Morgan fingerprint density at radius 3 is 2.90 bits per heavy atom. The van der Waals surface area contributed by atoms with Crippen LogP contribution in [-0.4, -0.2) is 29.3 Å². The zero-order chi connectivity index (χ0) is 15.4. The summed E-state index contributed by atoms with van der Waals surface area (Å²) < 4.78 is 0. The number of amides is 2. The Balaban J connectivity index is 2.22. The molecule has 1 aliphatic rings. The minimum Gasteiger partial charge on any atom is -0.354 e. The molecule has 7 nitrogen and oxygen atoms in total. The van der Waals surface area contributed by atoms with Gasteiger partial charge in [0.15, 0.2) is 0 Å². The van der Waals surface area contributed by atoms with Crippen LogP contribution >= 0.6 is 11.6 Å². The normalized spacial score (nSPS) is 18.5. The summed E-state index contributed by atoms with van der Waals surface area (Å²) in [5.41, 5.74) is -0.602. The van der Waals surface area contributed by atoms with Crippen LogP contribution in [0.15, 0.2) is 18.2 Å². The fourth-order valence-corrected chi connectivity index (χ4v) is 2.44. The molecule has 1 heterocycles. The first kappa shape index (κ1) is 15.2. The molecule has 1 aliphatic heterocycles. The number of benzene rings is 1. The Morgan fingerprint density at radius 1 is 1.43 bits per heavy atom. The maximum atomic E-state index is 12.2. The summed E-state index contributed by atoms with van der Waals surface area (Å²) in [5.74, 6) is -0.947. The van der Waals surface area contributed by atoms with Gasteiger partial charge in [-0.25, -0.2) is 0 Å². The number of carbonyl (C=O) groups excluding carboxylic acids is 2. The Bertz CT molecular complexity index is 591. The lowest BCUT2D eigenvalue weighted by Gasteiger charge is -2.15. The Labute approximate surface area is 125 Å². The number of carbonyl (C=O) groups is 2. The van der Waals surface area contributed by atoms with Crippen molar-refractivity contribution in [2.75, 3.05) is 6.54 Å². The third kappa shape index (κ3) is 3.49. The highest BCUT2D eigenvalue weighted by molar-refractivity contribution is 6.33. The minimum atomic E-state index is -0.704. The maximum absolute atomic E-state index is 12.2. The van der Waals surface area contributed by atoms with Crippen LogP contribution in [0.1, 0.15) is 29.6 Å². The lowest BCUT2D eigenvalue weighted by Crippen LogP contribution is -2.45. The van der Waals surface area contributed by atoms with Gasteiger partial charge in [0.25, 0.3) is 5.91 Å². The van der Waals surface area contributed by atoms with Crippen molar-refractivity contribution < 1.29 is 14.5 Å². The topological polar surface area (TPSA) is 101 Å². The van der Waals surface area contributed by atoms with Crippen molar-refractivity contribution in [1.82, 2.24) is 10.6 Å². The van der Waals surface area contributed by atoms with Gasteiger partial charge < -0.3 is 10.6 Å². The van der Waals surface area contributed by atoms with Crippen LogP contribution in [0, 0.1) is 10.1 Å². The molecular formula is C13H14ClN3O4. The predicted octanol–water partition coefficient (Wildman–Crippen LogP) is 1.65. The van der Waals surface area contributed by atoms with Crippen LogP contribution in [0.4, 0.5) is 5.69 Å². The standard InChI is InChI=1S/C13H14ClN3O4/c14-9-5-3-4-8(11(9)17(20)21)12(18)16-10-6-1-2-7-15-13(10)19/h3-5,10H,1-2,6-7H2,(H,15,19)(H,16,18). The summed E-state index contributed by atoms with van der Waals surface area (Å²) in [4.78, 5) is 34.3. The first-order valence-corrected chi connectivity index (χ1v) is 6.90. The van der Waals surface area contributed by atoms with Gasteiger partial charge in [0.1, 0.15) is 16.6 Å². The fourth-order valence-electron chi connectivity index (χ4n) is 2.20. The van der Waals surface area contributed by atoms with Crippen molar-refractivity contribution in [2.45, 2.75) is 25.3 Å². The Hall–Kier alpha value is -2.15. The summed E-state index contributed by atoms with van der Waals surface area (Å²) in [6, 6.07) is 3.43. The second-order valence-electron chi connectivity index (χ2n) is 4.71. The zero-order valence-electron chi connectivity index (χ0n) is 11.1. The van der Waals surface area contributed by atoms with E-state index in [2.05, 4.69) is 10.6 Å². The Kier molecular flexibility index (Phi) is 4.74. The second kappa shape index (κ2) is 6.53. The van der Waals surface area contributed by atoms with Crippen LogP contribution in [-0.2, 0) is 4.79 Å². The largest absolute Gasteiger partial charge is 0.354 e. The van der Waals surface area contributed by atoms with Crippen molar-refractivity contribution in [3.05, 3.63) is 38.9 Å². The van der Waals surface area contributed by atoms with E-state index in [1.807, 2.05) is 0 Å². The number of hydrogen-bond acceptors (Lipinski definition) is 4. The van der Waals surface area contributed by atoms with Gasteiger partial charge in [-0.3, -0.25) is 19.7 Å². The zero-order valence-corrected chi connectivity index (χ0v) is 11.9. The summed E-state index contributed by atoms with van der Waals surface area (Å²) in [6.07, 6.45) is 2.14. The number of rotatable bonds is 3. The summed E-state index contributed by atoms with van der Waals surface area (Å²) in [5, 5.41) is 16.1. The molecule has 0 bridgehead atoms. The van der Waals surface area contributed by atoms with E-state index >= 15 is 0 Å². The number of halogens is 1. The molecule has 1 aromatic carbocycles. The van der Waals surface area contributed by atoms with Crippen molar-refractivity contribution >= 4 is 29.1 Å². The van der Waals surface area contributed by atoms with E-state index in [0.717, 1.165) is 12.8 Å². The summed E-state index contributed by atoms with van der Waals surface area (Å²) in [7, 11) is 0. The monoisotopic (exact) mass is 311 g/mol. The minimum absolute atomic E-state index is 0.113. The molecule has 1 unspecified atom stereocenters. The van der Waals surface area contributed by atoms with Crippen molar-refractivity contribution in [3.8, 4) is 0 Å². The van der Waals surface area contributed by atoms with Gasteiger partial charge in [0.05, 0.1) is 4.92 Å². The molecule has 21 heavy (non-hydrogen) atoms. The molecule has 8 heteroatoms. The van der Waals surface area contributed by atoms with E-state index in [0.29, 0.717) is 13.0 Å². The average Bonchev–Trinajstić information content (AvgIpc) is 2.63. The third-order valence-corrected chi connectivity index (χ3v) is 3.56. The van der Waals surface area contributed by atoms with Crippen LogP contribution in [0.25, 0.3) is 0 Å². The molecule has 1 atom stereocenters. The molecular weight excluding hydrogens is 298 g/mol. The van der Waals surface area contributed by atoms with E-state index in [1.54, 1.807) is 0 Å². The van der Waals surface area contributed by atoms with Crippen molar-refractivity contribution in [1.29, 1.82) is 0 Å². The quantitative estimate of drug-likeness (QED) is 0.654. The molecule has 2 N–H and O–H groups in total. The number of nitro benzene ring substituents is 1. The van der Waals surface area contributed by atoms with Crippen molar-refractivity contribution in [2.24, 2.45) is 0 Å². The third-order valence-electron chi connectivity index (χ3n) is 3.25.